The van der Waals surface area contributed by atoms with Crippen molar-refractivity contribution in [2.45, 2.75) is 6.92 Å². The van der Waals surface area contributed by atoms with Gasteiger partial charge in [0.2, 0.25) is 5.91 Å². The highest BCUT2D eigenvalue weighted by atomic mass is 19.2. The monoisotopic (exact) mass is 352 g/mol. The average Bonchev–Trinajstić information content (AvgIpc) is 2.98. The molecule has 6 nitrogen and oxygen atoms in total. The number of halogens is 2. The van der Waals surface area contributed by atoms with E-state index < -0.39 is 11.6 Å². The number of carbonyl (C=O) groups is 2. The van der Waals surface area contributed by atoms with Crippen LogP contribution < -0.4 is 4.90 Å². The van der Waals surface area contributed by atoms with Gasteiger partial charge in [-0.1, -0.05) is 6.92 Å². The summed E-state index contributed by atoms with van der Waals surface area (Å²) >= 11 is 0. The number of likely N-dealkylation sites (N-methyl/N-ethyl adjacent to an activating group) is 1. The van der Waals surface area contributed by atoms with Gasteiger partial charge in [-0.3, -0.25) is 9.69 Å². The summed E-state index contributed by atoms with van der Waals surface area (Å²) in [6.07, 6.45) is 0. The number of anilines is 1. The fourth-order valence-corrected chi connectivity index (χ4v) is 3.20. The van der Waals surface area contributed by atoms with Crippen LogP contribution in [0.4, 0.5) is 19.3 Å². The van der Waals surface area contributed by atoms with E-state index in [1.54, 1.807) is 4.90 Å². The number of hydrogen-bond acceptors (Lipinski definition) is 3. The van der Waals surface area contributed by atoms with Gasteiger partial charge in [0, 0.05) is 51.0 Å². The van der Waals surface area contributed by atoms with Gasteiger partial charge < -0.3 is 14.7 Å². The number of nitrogens with zero attached hydrogens (tertiary/aromatic N) is 4. The summed E-state index contributed by atoms with van der Waals surface area (Å²) in [7, 11) is 0. The molecule has 0 aliphatic carbocycles. The van der Waals surface area contributed by atoms with Crippen LogP contribution in [0.25, 0.3) is 0 Å². The SMILES string of the molecule is CCN1CCN(C(=O)CN2CCN(c3ccc(F)c(F)c3)C2=O)CC1. The van der Waals surface area contributed by atoms with Crippen molar-refractivity contribution in [3.05, 3.63) is 29.8 Å². The molecule has 3 amide bonds. The molecule has 0 saturated carbocycles. The second-order valence-corrected chi connectivity index (χ2v) is 6.27. The lowest BCUT2D eigenvalue weighted by atomic mass is 10.3. The van der Waals surface area contributed by atoms with E-state index in [1.165, 1.54) is 15.9 Å². The maximum Gasteiger partial charge on any atom is 0.325 e. The van der Waals surface area contributed by atoms with E-state index in [0.717, 1.165) is 31.8 Å². The summed E-state index contributed by atoms with van der Waals surface area (Å²) < 4.78 is 26.4. The molecule has 1 aromatic carbocycles. The molecule has 0 aromatic heterocycles. The summed E-state index contributed by atoms with van der Waals surface area (Å²) in [5, 5.41) is 0. The Bertz CT molecular complexity index is 662. The zero-order valence-electron chi connectivity index (χ0n) is 14.3. The Labute approximate surface area is 145 Å². The lowest BCUT2D eigenvalue weighted by molar-refractivity contribution is -0.133. The van der Waals surface area contributed by atoms with Gasteiger partial charge in [-0.2, -0.15) is 0 Å². The molecule has 2 aliphatic heterocycles. The van der Waals surface area contributed by atoms with Crippen LogP contribution in [0, 0.1) is 11.6 Å². The summed E-state index contributed by atoms with van der Waals surface area (Å²) in [5.41, 5.74) is 0.301. The van der Waals surface area contributed by atoms with E-state index in [1.807, 2.05) is 0 Å². The zero-order valence-corrected chi connectivity index (χ0v) is 14.3. The van der Waals surface area contributed by atoms with E-state index in [0.29, 0.717) is 31.9 Å². The van der Waals surface area contributed by atoms with Crippen LogP contribution in [0.5, 0.6) is 0 Å². The Morgan fingerprint density at radius 2 is 1.76 bits per heavy atom. The maximum absolute atomic E-state index is 13.4. The topological polar surface area (TPSA) is 47.1 Å². The molecule has 8 heteroatoms. The first kappa shape index (κ1) is 17.6. The lowest BCUT2D eigenvalue weighted by Gasteiger charge is -2.34. The summed E-state index contributed by atoms with van der Waals surface area (Å²) in [6.45, 7) is 6.84. The number of hydrogen-bond donors (Lipinski definition) is 0. The molecule has 1 aromatic rings. The molecule has 2 heterocycles. The van der Waals surface area contributed by atoms with E-state index in [9.17, 15) is 18.4 Å². The van der Waals surface area contributed by atoms with Crippen molar-refractivity contribution in [3.8, 4) is 0 Å². The molecule has 0 unspecified atom stereocenters. The van der Waals surface area contributed by atoms with E-state index in [2.05, 4.69) is 11.8 Å². The number of benzene rings is 1. The highest BCUT2D eigenvalue weighted by Crippen LogP contribution is 2.22. The Morgan fingerprint density at radius 1 is 1.04 bits per heavy atom. The first-order valence-corrected chi connectivity index (χ1v) is 8.51. The Morgan fingerprint density at radius 3 is 2.40 bits per heavy atom. The third-order valence-electron chi connectivity index (χ3n) is 4.81. The molecule has 0 radical (unpaired) electrons. The van der Waals surface area contributed by atoms with Gasteiger partial charge in [0.05, 0.1) is 0 Å². The summed E-state index contributed by atoms with van der Waals surface area (Å²) in [4.78, 5) is 31.8. The lowest BCUT2D eigenvalue weighted by Crippen LogP contribution is -2.51. The van der Waals surface area contributed by atoms with E-state index in [-0.39, 0.29) is 18.5 Å². The molecule has 0 atom stereocenters. The first-order chi connectivity index (χ1) is 12.0. The molecule has 0 spiro atoms. The standard InChI is InChI=1S/C17H22F2N4O2/c1-2-20-5-7-21(8-6-20)16(24)12-22-9-10-23(17(22)25)13-3-4-14(18)15(19)11-13/h3-4,11H,2,5-10,12H2,1H3. The van der Waals surface area contributed by atoms with Crippen LogP contribution in [0.3, 0.4) is 0 Å². The van der Waals surface area contributed by atoms with E-state index >= 15 is 0 Å². The van der Waals surface area contributed by atoms with Gasteiger partial charge in [-0.05, 0) is 18.7 Å². The van der Waals surface area contributed by atoms with Gasteiger partial charge in [-0.15, -0.1) is 0 Å². The summed E-state index contributed by atoms with van der Waals surface area (Å²) in [6, 6.07) is 3.01. The van der Waals surface area contributed by atoms with Crippen molar-refractivity contribution in [2.75, 3.05) is 57.3 Å². The van der Waals surface area contributed by atoms with Gasteiger partial charge in [-0.25, -0.2) is 13.6 Å². The largest absolute Gasteiger partial charge is 0.339 e. The second-order valence-electron chi connectivity index (χ2n) is 6.27. The highest BCUT2D eigenvalue weighted by molar-refractivity contribution is 5.96. The molecule has 136 valence electrons. The fourth-order valence-electron chi connectivity index (χ4n) is 3.20. The van der Waals surface area contributed by atoms with Crippen LogP contribution >= 0.6 is 0 Å². The summed E-state index contributed by atoms with van der Waals surface area (Å²) in [5.74, 6) is -2.02. The average molecular weight is 352 g/mol. The molecule has 2 aliphatic rings. The van der Waals surface area contributed by atoms with Gasteiger partial charge in [0.15, 0.2) is 11.6 Å². The number of piperazine rings is 1. The second kappa shape index (κ2) is 7.35. The van der Waals surface area contributed by atoms with Crippen LogP contribution in [0.15, 0.2) is 18.2 Å². The third kappa shape index (κ3) is 3.73. The number of amides is 3. The molecule has 2 fully saturated rings. The predicted molar refractivity (Wildman–Crippen MR) is 89.4 cm³/mol. The zero-order chi connectivity index (χ0) is 18.0. The number of carbonyl (C=O) groups excluding carboxylic acids is 2. The van der Waals surface area contributed by atoms with Crippen LogP contribution in [0.2, 0.25) is 0 Å². The van der Waals surface area contributed by atoms with Crippen LogP contribution in [0.1, 0.15) is 6.92 Å². The smallest absolute Gasteiger partial charge is 0.325 e. The van der Waals surface area contributed by atoms with Crippen molar-refractivity contribution in [1.82, 2.24) is 14.7 Å². The van der Waals surface area contributed by atoms with Crippen LogP contribution in [-0.2, 0) is 4.79 Å². The van der Waals surface area contributed by atoms with Crippen molar-refractivity contribution in [3.63, 3.8) is 0 Å². The van der Waals surface area contributed by atoms with Crippen molar-refractivity contribution in [2.24, 2.45) is 0 Å². The fraction of sp³-hybridized carbons (Fsp3) is 0.529. The first-order valence-electron chi connectivity index (χ1n) is 8.51. The number of rotatable bonds is 4. The minimum Gasteiger partial charge on any atom is -0.339 e. The minimum absolute atomic E-state index is 0.0190. The van der Waals surface area contributed by atoms with Crippen LogP contribution in [-0.4, -0.2) is 79.0 Å². The quantitative estimate of drug-likeness (QED) is 0.822. The molecule has 25 heavy (non-hydrogen) atoms. The molecular formula is C17H22F2N4O2. The molecule has 0 bridgehead atoms. The molecular weight excluding hydrogens is 330 g/mol. The Kier molecular flexibility index (Phi) is 5.17. The highest BCUT2D eigenvalue weighted by Gasteiger charge is 2.32. The normalized spacial score (nSPS) is 19.0. The van der Waals surface area contributed by atoms with Gasteiger partial charge in [0.25, 0.3) is 0 Å². The van der Waals surface area contributed by atoms with Gasteiger partial charge in [0.1, 0.15) is 6.54 Å². The molecule has 2 saturated heterocycles. The van der Waals surface area contributed by atoms with Gasteiger partial charge >= 0.3 is 6.03 Å². The minimum atomic E-state index is -0.992. The predicted octanol–water partition coefficient (Wildman–Crippen LogP) is 1.37. The Balaban J connectivity index is 1.58. The maximum atomic E-state index is 13.4. The molecule has 3 rings (SSSR count). The Hall–Kier alpha value is -2.22. The molecule has 0 N–H and O–H groups in total. The third-order valence-corrected chi connectivity index (χ3v) is 4.81. The van der Waals surface area contributed by atoms with Crippen molar-refractivity contribution < 1.29 is 18.4 Å². The van der Waals surface area contributed by atoms with Crippen molar-refractivity contribution >= 4 is 17.6 Å². The van der Waals surface area contributed by atoms with Crippen molar-refractivity contribution in [1.29, 1.82) is 0 Å². The number of urea groups is 1. The van der Waals surface area contributed by atoms with E-state index in [4.69, 9.17) is 0 Å².